The van der Waals surface area contributed by atoms with Crippen molar-refractivity contribution in [1.82, 2.24) is 25.0 Å². The number of hydrogen-bond donors (Lipinski definition) is 1. The van der Waals surface area contributed by atoms with Gasteiger partial charge in [-0.25, -0.2) is 4.98 Å². The molecule has 0 spiro atoms. The summed E-state index contributed by atoms with van der Waals surface area (Å²) in [4.78, 5) is 20.6. The fraction of sp³-hybridized carbons (Fsp3) is 0.364. The number of rotatable bonds is 5. The zero-order chi connectivity index (χ0) is 20.5. The van der Waals surface area contributed by atoms with Gasteiger partial charge in [-0.1, -0.05) is 12.1 Å². The number of benzene rings is 1. The van der Waals surface area contributed by atoms with Gasteiger partial charge in [-0.3, -0.25) is 14.8 Å². The molecule has 8 heteroatoms. The van der Waals surface area contributed by atoms with Crippen molar-refractivity contribution in [3.63, 3.8) is 0 Å². The normalized spacial score (nSPS) is 16.4. The van der Waals surface area contributed by atoms with Crippen LogP contribution in [0.25, 0.3) is 21.7 Å². The summed E-state index contributed by atoms with van der Waals surface area (Å²) in [6, 6.07) is 9.50. The van der Waals surface area contributed by atoms with E-state index in [0.29, 0.717) is 17.2 Å². The van der Waals surface area contributed by atoms with E-state index < -0.39 is 0 Å². The van der Waals surface area contributed by atoms with Gasteiger partial charge in [0.05, 0.1) is 35.1 Å². The summed E-state index contributed by atoms with van der Waals surface area (Å²) in [5.41, 5.74) is 3.24. The van der Waals surface area contributed by atoms with Crippen molar-refractivity contribution in [2.45, 2.75) is 25.8 Å². The molecule has 1 aliphatic carbocycles. The quantitative estimate of drug-likeness (QED) is 0.687. The average molecular weight is 419 g/mol. The van der Waals surface area contributed by atoms with Gasteiger partial charge in [0.1, 0.15) is 0 Å². The Morgan fingerprint density at radius 3 is 2.80 bits per heavy atom. The first-order chi connectivity index (χ1) is 14.7. The molecule has 0 bridgehead atoms. The summed E-state index contributed by atoms with van der Waals surface area (Å²) in [6.45, 7) is 3.17. The molecular weight excluding hydrogens is 396 g/mol. The molecular formula is C22H22N6OS. The number of thiazole rings is 1. The van der Waals surface area contributed by atoms with Gasteiger partial charge < -0.3 is 4.90 Å². The van der Waals surface area contributed by atoms with Crippen LogP contribution in [0, 0.1) is 17.2 Å². The zero-order valence-corrected chi connectivity index (χ0v) is 17.4. The van der Waals surface area contributed by atoms with Gasteiger partial charge in [-0.15, -0.1) is 11.3 Å². The summed E-state index contributed by atoms with van der Waals surface area (Å²) in [7, 11) is 0. The molecule has 1 amide bonds. The van der Waals surface area contributed by atoms with Gasteiger partial charge in [0, 0.05) is 30.4 Å². The highest BCUT2D eigenvalue weighted by Gasteiger charge is 2.26. The number of amides is 1. The third-order valence-corrected chi connectivity index (χ3v) is 6.60. The van der Waals surface area contributed by atoms with E-state index in [1.54, 1.807) is 12.1 Å². The lowest BCUT2D eigenvalue weighted by Gasteiger charge is -2.26. The molecule has 2 aromatic heterocycles. The average Bonchev–Trinajstić information content (AvgIpc) is 3.31. The van der Waals surface area contributed by atoms with Gasteiger partial charge in [-0.05, 0) is 43.9 Å². The minimum absolute atomic E-state index is 0.0429. The van der Waals surface area contributed by atoms with Crippen LogP contribution in [-0.2, 0) is 6.54 Å². The van der Waals surface area contributed by atoms with Crippen LogP contribution in [0.15, 0.2) is 36.7 Å². The Balaban J connectivity index is 1.52. The first-order valence-electron chi connectivity index (χ1n) is 10.3. The molecule has 30 heavy (non-hydrogen) atoms. The smallest absolute Gasteiger partial charge is 0.283 e. The largest absolute Gasteiger partial charge is 0.324 e. The topological polar surface area (TPSA) is 86.8 Å². The molecule has 2 fully saturated rings. The summed E-state index contributed by atoms with van der Waals surface area (Å²) in [5, 5.41) is 17.4. The van der Waals surface area contributed by atoms with Crippen LogP contribution in [-0.4, -0.2) is 45.3 Å². The van der Waals surface area contributed by atoms with E-state index in [4.69, 9.17) is 10.2 Å². The van der Waals surface area contributed by atoms with Crippen molar-refractivity contribution in [3.05, 3.63) is 47.2 Å². The third-order valence-electron chi connectivity index (χ3n) is 5.51. The van der Waals surface area contributed by atoms with Crippen molar-refractivity contribution in [1.29, 1.82) is 5.26 Å². The molecule has 1 saturated carbocycles. The number of aromatic nitrogens is 3. The first kappa shape index (κ1) is 19.0. The Morgan fingerprint density at radius 2 is 2.10 bits per heavy atom. The molecule has 1 aromatic carbocycles. The molecule has 7 nitrogen and oxygen atoms in total. The van der Waals surface area contributed by atoms with Crippen LogP contribution in [0.3, 0.4) is 0 Å². The number of carbonyl (C=O) groups is 1. The standard InChI is InChI=1S/C22H22N6OS/c23-10-15-4-6-17(7-5-15)19-20(18-11-25-28(13-18)12-16-2-3-16)30-21(26-19)22(29)27-9-1-8-24-14-27/h4-7,11,13,16,24H,1-3,8-9,12,14H2. The van der Waals surface area contributed by atoms with Crippen LogP contribution >= 0.6 is 11.3 Å². The van der Waals surface area contributed by atoms with Crippen LogP contribution in [0.1, 0.15) is 34.6 Å². The fourth-order valence-electron chi connectivity index (χ4n) is 3.65. The predicted octanol–water partition coefficient (Wildman–Crippen LogP) is 3.35. The SMILES string of the molecule is N#Cc1ccc(-c2nc(C(=O)N3CCCNC3)sc2-c2cnn(CC3CC3)c2)cc1. The Labute approximate surface area is 179 Å². The summed E-state index contributed by atoms with van der Waals surface area (Å²) in [5.74, 6) is 0.694. The summed E-state index contributed by atoms with van der Waals surface area (Å²) < 4.78 is 1.99. The monoisotopic (exact) mass is 418 g/mol. The minimum atomic E-state index is -0.0429. The maximum Gasteiger partial charge on any atom is 0.283 e. The molecule has 3 heterocycles. The molecule has 152 valence electrons. The summed E-state index contributed by atoms with van der Waals surface area (Å²) >= 11 is 1.42. The number of nitriles is 1. The molecule has 2 aliphatic rings. The van der Waals surface area contributed by atoms with Crippen molar-refractivity contribution in [2.24, 2.45) is 5.92 Å². The van der Waals surface area contributed by atoms with Crippen LogP contribution < -0.4 is 5.32 Å². The second-order valence-electron chi connectivity index (χ2n) is 7.86. The van der Waals surface area contributed by atoms with E-state index in [-0.39, 0.29) is 5.91 Å². The van der Waals surface area contributed by atoms with E-state index in [0.717, 1.165) is 53.7 Å². The molecule has 0 atom stereocenters. The van der Waals surface area contributed by atoms with Crippen LogP contribution in [0.4, 0.5) is 0 Å². The van der Waals surface area contributed by atoms with Gasteiger partial charge in [-0.2, -0.15) is 10.4 Å². The third kappa shape index (κ3) is 3.86. The predicted molar refractivity (Wildman–Crippen MR) is 115 cm³/mol. The molecule has 1 saturated heterocycles. The van der Waals surface area contributed by atoms with Crippen molar-refractivity contribution >= 4 is 17.2 Å². The fourth-order valence-corrected chi connectivity index (χ4v) is 4.68. The number of hydrogen-bond acceptors (Lipinski definition) is 6. The number of nitrogens with one attached hydrogen (secondary N) is 1. The molecule has 1 aliphatic heterocycles. The van der Waals surface area contributed by atoms with Gasteiger partial charge in [0.25, 0.3) is 5.91 Å². The minimum Gasteiger partial charge on any atom is -0.324 e. The van der Waals surface area contributed by atoms with Crippen molar-refractivity contribution in [3.8, 4) is 27.8 Å². The zero-order valence-electron chi connectivity index (χ0n) is 16.5. The lowest BCUT2D eigenvalue weighted by Crippen LogP contribution is -2.44. The molecule has 0 unspecified atom stereocenters. The van der Waals surface area contributed by atoms with Crippen LogP contribution in [0.5, 0.6) is 0 Å². The first-order valence-corrected chi connectivity index (χ1v) is 11.1. The maximum atomic E-state index is 13.1. The van der Waals surface area contributed by atoms with E-state index in [1.165, 1.54) is 24.2 Å². The van der Waals surface area contributed by atoms with Gasteiger partial charge >= 0.3 is 0 Å². The van der Waals surface area contributed by atoms with Gasteiger partial charge in [0.2, 0.25) is 0 Å². The number of nitrogens with zero attached hydrogens (tertiary/aromatic N) is 5. The highest BCUT2D eigenvalue weighted by molar-refractivity contribution is 7.17. The molecule has 0 radical (unpaired) electrons. The molecule has 3 aromatic rings. The Kier molecular flexibility index (Phi) is 5.07. The Morgan fingerprint density at radius 1 is 1.27 bits per heavy atom. The lowest BCUT2D eigenvalue weighted by atomic mass is 10.1. The maximum absolute atomic E-state index is 13.1. The van der Waals surface area contributed by atoms with E-state index >= 15 is 0 Å². The molecule has 1 N–H and O–H groups in total. The molecule has 5 rings (SSSR count). The van der Waals surface area contributed by atoms with Crippen molar-refractivity contribution < 1.29 is 4.79 Å². The summed E-state index contributed by atoms with van der Waals surface area (Å²) in [6.07, 6.45) is 7.40. The van der Waals surface area contributed by atoms with Crippen LogP contribution in [0.2, 0.25) is 0 Å². The van der Waals surface area contributed by atoms with E-state index in [2.05, 4.69) is 22.7 Å². The number of carbonyl (C=O) groups excluding carboxylic acids is 1. The second kappa shape index (κ2) is 8.01. The van der Waals surface area contributed by atoms with E-state index in [1.807, 2.05) is 27.9 Å². The Bertz CT molecular complexity index is 1100. The van der Waals surface area contributed by atoms with E-state index in [9.17, 15) is 4.79 Å². The highest BCUT2D eigenvalue weighted by atomic mass is 32.1. The van der Waals surface area contributed by atoms with Gasteiger partial charge in [0.15, 0.2) is 5.01 Å². The Hall–Kier alpha value is -3.02. The lowest BCUT2D eigenvalue weighted by molar-refractivity contribution is 0.0711. The second-order valence-corrected chi connectivity index (χ2v) is 8.86. The highest BCUT2D eigenvalue weighted by Crippen LogP contribution is 2.38. The van der Waals surface area contributed by atoms with Crippen molar-refractivity contribution in [2.75, 3.05) is 19.8 Å².